The molecule has 1 amide bonds. The van der Waals surface area contributed by atoms with E-state index in [0.29, 0.717) is 28.5 Å². The number of fused-ring (bicyclic) bond motifs is 1. The van der Waals surface area contributed by atoms with Gasteiger partial charge in [0.25, 0.3) is 5.91 Å². The minimum atomic E-state index is -0.271. The molecule has 0 aromatic carbocycles. The van der Waals surface area contributed by atoms with Crippen LogP contribution in [0.5, 0.6) is 5.88 Å². The van der Waals surface area contributed by atoms with Gasteiger partial charge in [-0.2, -0.15) is 5.10 Å². The van der Waals surface area contributed by atoms with Crippen molar-refractivity contribution in [2.24, 2.45) is 0 Å². The molecule has 0 fully saturated rings. The highest BCUT2D eigenvalue weighted by molar-refractivity contribution is 7.21. The van der Waals surface area contributed by atoms with E-state index < -0.39 is 0 Å². The smallest absolute Gasteiger partial charge is 0.260 e. The van der Waals surface area contributed by atoms with E-state index in [1.807, 2.05) is 18.3 Å². The van der Waals surface area contributed by atoms with Gasteiger partial charge in [-0.3, -0.25) is 9.78 Å². The van der Waals surface area contributed by atoms with Crippen LogP contribution in [-0.2, 0) is 0 Å². The fourth-order valence-corrected chi connectivity index (χ4v) is 3.75. The molecule has 0 unspecified atom stereocenters. The summed E-state index contributed by atoms with van der Waals surface area (Å²) in [5.74, 6) is 0.251. The normalized spacial score (nSPS) is 10.5. The molecule has 0 bridgehead atoms. The first-order chi connectivity index (χ1) is 13.1. The predicted octanol–water partition coefficient (Wildman–Crippen LogP) is 3.43. The Morgan fingerprint density at radius 3 is 2.93 bits per heavy atom. The Hall–Kier alpha value is -3.17. The molecule has 8 nitrogen and oxygen atoms in total. The first-order valence-corrected chi connectivity index (χ1v) is 8.88. The topological polar surface area (TPSA) is 107 Å². The molecule has 10 heteroatoms. The van der Waals surface area contributed by atoms with Gasteiger partial charge in [-0.05, 0) is 25.1 Å². The van der Waals surface area contributed by atoms with E-state index in [1.54, 1.807) is 43.2 Å². The third kappa shape index (κ3) is 3.49. The predicted molar refractivity (Wildman–Crippen MR) is 111 cm³/mol. The fourth-order valence-electron chi connectivity index (χ4n) is 2.67. The van der Waals surface area contributed by atoms with Crippen LogP contribution in [0.1, 0.15) is 16.1 Å². The van der Waals surface area contributed by atoms with Crippen LogP contribution in [-0.4, -0.2) is 32.6 Å². The third-order valence-electron chi connectivity index (χ3n) is 4.03. The number of nitrogen functional groups attached to an aromatic ring is 1. The Bertz CT molecular complexity index is 1160. The van der Waals surface area contributed by atoms with Crippen LogP contribution in [0.25, 0.3) is 15.3 Å². The SMILES string of the molecule is COc1ncccc1-c1cn2ncc(C(=O)Nc3cc(N)cnc3C)c2s1.Cl. The van der Waals surface area contributed by atoms with E-state index in [1.165, 1.54) is 11.3 Å². The van der Waals surface area contributed by atoms with Gasteiger partial charge in [0.2, 0.25) is 5.88 Å². The quantitative estimate of drug-likeness (QED) is 0.527. The van der Waals surface area contributed by atoms with Gasteiger partial charge in [0, 0.05) is 12.4 Å². The number of thiazole rings is 1. The average molecular weight is 417 g/mol. The number of pyridine rings is 2. The first kappa shape index (κ1) is 19.6. The van der Waals surface area contributed by atoms with Crippen LogP contribution in [0, 0.1) is 6.92 Å². The molecule has 4 heterocycles. The highest BCUT2D eigenvalue weighted by atomic mass is 35.5. The van der Waals surface area contributed by atoms with E-state index in [4.69, 9.17) is 10.5 Å². The van der Waals surface area contributed by atoms with Crippen molar-refractivity contribution in [1.82, 2.24) is 19.6 Å². The fraction of sp³-hybridized carbons (Fsp3) is 0.111. The van der Waals surface area contributed by atoms with Crippen LogP contribution in [0.15, 0.2) is 43.0 Å². The second kappa shape index (κ2) is 7.83. The number of aromatic nitrogens is 4. The number of nitrogens with two attached hydrogens (primary N) is 1. The maximum absolute atomic E-state index is 12.8. The van der Waals surface area contributed by atoms with Crippen molar-refractivity contribution in [3.05, 3.63) is 54.2 Å². The summed E-state index contributed by atoms with van der Waals surface area (Å²) in [6.45, 7) is 1.81. The molecule has 4 aromatic heterocycles. The number of aryl methyl sites for hydroxylation is 1. The summed E-state index contributed by atoms with van der Waals surface area (Å²) >= 11 is 1.44. The summed E-state index contributed by atoms with van der Waals surface area (Å²) < 4.78 is 6.99. The minimum absolute atomic E-state index is 0. The molecule has 0 aliphatic carbocycles. The van der Waals surface area contributed by atoms with Crippen molar-refractivity contribution < 1.29 is 9.53 Å². The molecule has 0 aliphatic rings. The van der Waals surface area contributed by atoms with E-state index >= 15 is 0 Å². The van der Waals surface area contributed by atoms with Gasteiger partial charge in [0.15, 0.2) is 0 Å². The van der Waals surface area contributed by atoms with Crippen LogP contribution in [0.4, 0.5) is 11.4 Å². The first-order valence-electron chi connectivity index (χ1n) is 8.07. The number of carbonyl (C=O) groups excluding carboxylic acids is 1. The largest absolute Gasteiger partial charge is 0.481 e. The third-order valence-corrected chi connectivity index (χ3v) is 5.17. The van der Waals surface area contributed by atoms with E-state index in [0.717, 1.165) is 15.3 Å². The summed E-state index contributed by atoms with van der Waals surface area (Å²) in [6.07, 6.45) is 6.61. The molecular weight excluding hydrogens is 400 g/mol. The lowest BCUT2D eigenvalue weighted by Gasteiger charge is -2.07. The molecule has 0 spiro atoms. The number of hydrogen-bond acceptors (Lipinski definition) is 7. The number of nitrogens with zero attached hydrogens (tertiary/aromatic N) is 4. The number of halogens is 1. The van der Waals surface area contributed by atoms with Crippen LogP contribution < -0.4 is 15.8 Å². The number of hydrogen-bond donors (Lipinski definition) is 2. The van der Waals surface area contributed by atoms with Gasteiger partial charge < -0.3 is 15.8 Å². The molecule has 0 aliphatic heterocycles. The lowest BCUT2D eigenvalue weighted by atomic mass is 10.2. The van der Waals surface area contributed by atoms with Crippen LogP contribution in [0.2, 0.25) is 0 Å². The molecule has 28 heavy (non-hydrogen) atoms. The van der Waals surface area contributed by atoms with Gasteiger partial charge in [-0.15, -0.1) is 23.7 Å². The zero-order valence-electron chi connectivity index (χ0n) is 15.0. The summed E-state index contributed by atoms with van der Waals surface area (Å²) in [7, 11) is 1.57. The number of ether oxygens (including phenoxy) is 1. The molecule has 4 rings (SSSR count). The zero-order chi connectivity index (χ0) is 19.0. The Morgan fingerprint density at radius 2 is 2.14 bits per heavy atom. The average Bonchev–Trinajstić information content (AvgIpc) is 3.25. The Balaban J connectivity index is 0.00000225. The van der Waals surface area contributed by atoms with E-state index in [2.05, 4.69) is 20.4 Å². The van der Waals surface area contributed by atoms with Gasteiger partial charge in [-0.1, -0.05) is 0 Å². The standard InChI is InChI=1S/C18H16N6O2S.ClH/c1-10-14(6-11(19)7-21-10)23-16(25)13-8-22-24-9-15(27-18(13)24)12-4-3-5-20-17(12)26-2;/h3-9H,19H2,1-2H3,(H,23,25);1H. The van der Waals surface area contributed by atoms with Crippen LogP contribution in [0.3, 0.4) is 0 Å². The number of carbonyl (C=O) groups is 1. The monoisotopic (exact) mass is 416 g/mol. The second-order valence-electron chi connectivity index (χ2n) is 5.82. The lowest BCUT2D eigenvalue weighted by Crippen LogP contribution is -2.13. The Labute approximate surface area is 170 Å². The van der Waals surface area contributed by atoms with Crippen molar-refractivity contribution in [3.8, 4) is 16.3 Å². The van der Waals surface area contributed by atoms with Gasteiger partial charge >= 0.3 is 0 Å². The summed E-state index contributed by atoms with van der Waals surface area (Å²) in [5.41, 5.74) is 8.82. The molecule has 144 valence electrons. The zero-order valence-corrected chi connectivity index (χ0v) is 16.7. The molecule has 0 saturated heterocycles. The minimum Gasteiger partial charge on any atom is -0.481 e. The number of rotatable bonds is 4. The number of amides is 1. The van der Waals surface area contributed by atoms with Gasteiger partial charge in [0.1, 0.15) is 4.83 Å². The van der Waals surface area contributed by atoms with E-state index in [-0.39, 0.29) is 18.3 Å². The number of nitrogens with one attached hydrogen (secondary N) is 1. The van der Waals surface area contributed by atoms with Gasteiger partial charge in [0.05, 0.1) is 52.6 Å². The summed E-state index contributed by atoms with van der Waals surface area (Å²) in [5, 5.41) is 7.14. The van der Waals surface area contributed by atoms with Crippen molar-refractivity contribution in [2.75, 3.05) is 18.2 Å². The Morgan fingerprint density at radius 1 is 1.32 bits per heavy atom. The highest BCUT2D eigenvalue weighted by Crippen LogP contribution is 2.35. The van der Waals surface area contributed by atoms with Crippen molar-refractivity contribution in [3.63, 3.8) is 0 Å². The lowest BCUT2D eigenvalue weighted by molar-refractivity contribution is 0.102. The molecule has 0 saturated carbocycles. The number of anilines is 2. The molecule has 4 aromatic rings. The number of methoxy groups -OCH3 is 1. The molecule has 0 atom stereocenters. The second-order valence-corrected chi connectivity index (χ2v) is 6.85. The maximum Gasteiger partial charge on any atom is 0.260 e. The maximum atomic E-state index is 12.8. The van der Waals surface area contributed by atoms with Gasteiger partial charge in [-0.25, -0.2) is 9.50 Å². The van der Waals surface area contributed by atoms with Crippen molar-refractivity contribution >= 4 is 45.9 Å². The molecule has 3 N–H and O–H groups in total. The van der Waals surface area contributed by atoms with Crippen molar-refractivity contribution in [1.29, 1.82) is 0 Å². The molecular formula is C18H17ClN6O2S. The summed E-state index contributed by atoms with van der Waals surface area (Å²) in [4.78, 5) is 22.8. The highest BCUT2D eigenvalue weighted by Gasteiger charge is 2.18. The van der Waals surface area contributed by atoms with E-state index in [9.17, 15) is 4.79 Å². The molecule has 0 radical (unpaired) electrons. The van der Waals surface area contributed by atoms with Crippen LogP contribution >= 0.6 is 23.7 Å². The Kier molecular flexibility index (Phi) is 5.48. The summed E-state index contributed by atoms with van der Waals surface area (Å²) in [6, 6.07) is 5.43. The van der Waals surface area contributed by atoms with Crippen molar-refractivity contribution in [2.45, 2.75) is 6.92 Å².